The number of nitro benzene ring substituents is 1. The van der Waals surface area contributed by atoms with Crippen molar-refractivity contribution in [3.05, 3.63) is 74.3 Å². The molecule has 0 unspecified atom stereocenters. The first-order valence-electron chi connectivity index (χ1n) is 9.61. The summed E-state index contributed by atoms with van der Waals surface area (Å²) < 4.78 is 4.89. The van der Waals surface area contributed by atoms with Gasteiger partial charge in [0.05, 0.1) is 17.1 Å². The van der Waals surface area contributed by atoms with Gasteiger partial charge in [-0.2, -0.15) is 0 Å². The third kappa shape index (κ3) is 5.18. The molecule has 2 aromatic rings. The van der Waals surface area contributed by atoms with E-state index in [4.69, 9.17) is 16.3 Å². The summed E-state index contributed by atoms with van der Waals surface area (Å²) in [5, 5.41) is 11.8. The van der Waals surface area contributed by atoms with Gasteiger partial charge in [0.1, 0.15) is 0 Å². The number of carbonyl (C=O) groups is 3. The van der Waals surface area contributed by atoms with Crippen LogP contribution < -0.4 is 0 Å². The highest BCUT2D eigenvalue weighted by molar-refractivity contribution is 6.30. The van der Waals surface area contributed by atoms with Gasteiger partial charge in [-0.05, 0) is 37.3 Å². The van der Waals surface area contributed by atoms with Gasteiger partial charge in [0, 0.05) is 54.5 Å². The molecular formula is C21H20ClN3O6. The summed E-state index contributed by atoms with van der Waals surface area (Å²) in [5.74, 6) is -1.35. The van der Waals surface area contributed by atoms with Gasteiger partial charge >= 0.3 is 5.97 Å². The van der Waals surface area contributed by atoms with Crippen LogP contribution in [-0.2, 0) is 4.74 Å². The van der Waals surface area contributed by atoms with Crippen molar-refractivity contribution in [3.8, 4) is 0 Å². The van der Waals surface area contributed by atoms with E-state index in [1.54, 1.807) is 36.1 Å². The Morgan fingerprint density at radius 1 is 0.935 bits per heavy atom. The van der Waals surface area contributed by atoms with E-state index in [-0.39, 0.29) is 42.4 Å². The van der Waals surface area contributed by atoms with Gasteiger partial charge in [-0.15, -0.1) is 0 Å². The van der Waals surface area contributed by atoms with Crippen LogP contribution in [0, 0.1) is 10.1 Å². The van der Waals surface area contributed by atoms with Gasteiger partial charge in [0.15, 0.2) is 0 Å². The zero-order valence-corrected chi connectivity index (χ0v) is 17.5. The molecule has 31 heavy (non-hydrogen) atoms. The number of carbonyl (C=O) groups excluding carboxylic acids is 3. The summed E-state index contributed by atoms with van der Waals surface area (Å²) in [4.78, 5) is 51.3. The van der Waals surface area contributed by atoms with Gasteiger partial charge in [-0.25, -0.2) is 4.79 Å². The summed E-state index contributed by atoms with van der Waals surface area (Å²) >= 11 is 5.85. The van der Waals surface area contributed by atoms with Crippen LogP contribution in [-0.4, -0.2) is 65.3 Å². The molecule has 0 N–H and O–H groups in total. The Morgan fingerprint density at radius 2 is 1.45 bits per heavy atom. The number of amides is 2. The molecule has 3 rings (SSSR count). The summed E-state index contributed by atoms with van der Waals surface area (Å²) in [6.07, 6.45) is 0. The van der Waals surface area contributed by atoms with E-state index in [2.05, 4.69) is 0 Å². The van der Waals surface area contributed by atoms with Crippen molar-refractivity contribution in [2.45, 2.75) is 6.92 Å². The molecule has 0 bridgehead atoms. The standard InChI is InChI=1S/C21H20ClN3O6/c1-2-31-21(28)16-11-15(12-18(13-16)25(29)30)20(27)24-9-7-23(8-10-24)19(26)14-3-5-17(22)6-4-14/h3-6,11-13H,2,7-10H2,1H3. The van der Waals surface area contributed by atoms with Gasteiger partial charge in [-0.1, -0.05) is 11.6 Å². The SMILES string of the molecule is CCOC(=O)c1cc(C(=O)N2CCN(C(=O)c3ccc(Cl)cc3)CC2)cc([N+](=O)[O-])c1. The fraction of sp³-hybridized carbons (Fsp3) is 0.286. The minimum Gasteiger partial charge on any atom is -0.462 e. The van der Waals surface area contributed by atoms with Crippen LogP contribution in [0.1, 0.15) is 38.0 Å². The molecule has 2 aromatic carbocycles. The lowest BCUT2D eigenvalue weighted by molar-refractivity contribution is -0.384. The molecule has 2 amide bonds. The number of rotatable bonds is 5. The highest BCUT2D eigenvalue weighted by Crippen LogP contribution is 2.21. The Kier molecular flexibility index (Phi) is 6.86. The predicted molar refractivity (Wildman–Crippen MR) is 112 cm³/mol. The van der Waals surface area contributed by atoms with Gasteiger partial charge in [0.25, 0.3) is 17.5 Å². The maximum atomic E-state index is 12.9. The number of ether oxygens (including phenoxy) is 1. The molecule has 9 nitrogen and oxygen atoms in total. The van der Waals surface area contributed by atoms with Crippen LogP contribution in [0.5, 0.6) is 0 Å². The number of non-ortho nitro benzene ring substituents is 1. The molecule has 0 spiro atoms. The smallest absolute Gasteiger partial charge is 0.338 e. The monoisotopic (exact) mass is 445 g/mol. The molecule has 0 radical (unpaired) electrons. The first kappa shape index (κ1) is 22.2. The lowest BCUT2D eigenvalue weighted by Gasteiger charge is -2.35. The Bertz CT molecular complexity index is 1020. The molecule has 0 saturated carbocycles. The van der Waals surface area contributed by atoms with Crippen LogP contribution in [0.3, 0.4) is 0 Å². The van der Waals surface area contributed by atoms with Crippen LogP contribution in [0.25, 0.3) is 0 Å². The number of nitro groups is 1. The second-order valence-electron chi connectivity index (χ2n) is 6.84. The third-order valence-electron chi connectivity index (χ3n) is 4.83. The molecule has 1 saturated heterocycles. The second kappa shape index (κ2) is 9.57. The second-order valence-corrected chi connectivity index (χ2v) is 7.27. The van der Waals surface area contributed by atoms with Crippen molar-refractivity contribution in [2.24, 2.45) is 0 Å². The summed E-state index contributed by atoms with van der Waals surface area (Å²) in [6.45, 7) is 2.87. The number of nitrogens with zero attached hydrogens (tertiary/aromatic N) is 3. The molecule has 1 aliphatic heterocycles. The van der Waals surface area contributed by atoms with Gasteiger partial charge in [-0.3, -0.25) is 19.7 Å². The molecule has 1 heterocycles. The summed E-state index contributed by atoms with van der Waals surface area (Å²) in [6, 6.07) is 10.1. The van der Waals surface area contributed by atoms with Crippen molar-refractivity contribution < 1.29 is 24.0 Å². The van der Waals surface area contributed by atoms with Crippen LogP contribution in [0.15, 0.2) is 42.5 Å². The molecule has 10 heteroatoms. The van der Waals surface area contributed by atoms with Crippen molar-refractivity contribution in [2.75, 3.05) is 32.8 Å². The van der Waals surface area contributed by atoms with Crippen molar-refractivity contribution in [1.29, 1.82) is 0 Å². The fourth-order valence-electron chi connectivity index (χ4n) is 3.24. The highest BCUT2D eigenvalue weighted by atomic mass is 35.5. The minimum atomic E-state index is -0.737. The molecule has 1 aliphatic rings. The number of benzene rings is 2. The fourth-order valence-corrected chi connectivity index (χ4v) is 3.37. The van der Waals surface area contributed by atoms with E-state index in [0.717, 1.165) is 12.1 Å². The minimum absolute atomic E-state index is 0.0229. The zero-order chi connectivity index (χ0) is 22.5. The number of esters is 1. The maximum Gasteiger partial charge on any atom is 0.338 e. The first-order chi connectivity index (χ1) is 14.8. The van der Waals surface area contributed by atoms with Gasteiger partial charge < -0.3 is 14.5 Å². The largest absolute Gasteiger partial charge is 0.462 e. The Balaban J connectivity index is 1.72. The predicted octanol–water partition coefficient (Wildman–Crippen LogP) is 3.02. The van der Waals surface area contributed by atoms with E-state index >= 15 is 0 Å². The van der Waals surface area contributed by atoms with E-state index in [9.17, 15) is 24.5 Å². The maximum absolute atomic E-state index is 12.9. The average Bonchev–Trinajstić information content (AvgIpc) is 2.78. The summed E-state index contributed by atoms with van der Waals surface area (Å²) in [5.41, 5.74) is 0.0954. The molecule has 0 atom stereocenters. The molecule has 162 valence electrons. The number of halogens is 1. The molecule has 1 fully saturated rings. The van der Waals surface area contributed by atoms with E-state index in [1.165, 1.54) is 11.0 Å². The topological polar surface area (TPSA) is 110 Å². The van der Waals surface area contributed by atoms with E-state index in [1.807, 2.05) is 0 Å². The average molecular weight is 446 g/mol. The molecule has 0 aliphatic carbocycles. The lowest BCUT2D eigenvalue weighted by atomic mass is 10.1. The lowest BCUT2D eigenvalue weighted by Crippen LogP contribution is -2.50. The van der Waals surface area contributed by atoms with E-state index in [0.29, 0.717) is 23.7 Å². The first-order valence-corrected chi connectivity index (χ1v) is 9.98. The Labute approximate surface area is 183 Å². The Hall–Kier alpha value is -3.46. The van der Waals surface area contributed by atoms with Crippen molar-refractivity contribution in [1.82, 2.24) is 9.80 Å². The third-order valence-corrected chi connectivity index (χ3v) is 5.08. The van der Waals surface area contributed by atoms with Crippen molar-refractivity contribution in [3.63, 3.8) is 0 Å². The number of hydrogen-bond acceptors (Lipinski definition) is 6. The summed E-state index contributed by atoms with van der Waals surface area (Å²) in [7, 11) is 0. The van der Waals surface area contributed by atoms with Crippen LogP contribution in [0.2, 0.25) is 5.02 Å². The molecular weight excluding hydrogens is 426 g/mol. The van der Waals surface area contributed by atoms with Gasteiger partial charge in [0.2, 0.25) is 0 Å². The number of hydrogen-bond donors (Lipinski definition) is 0. The molecule has 0 aromatic heterocycles. The van der Waals surface area contributed by atoms with Crippen LogP contribution >= 0.6 is 11.6 Å². The quantitative estimate of drug-likeness (QED) is 0.397. The van der Waals surface area contributed by atoms with E-state index < -0.39 is 16.8 Å². The zero-order valence-electron chi connectivity index (χ0n) is 16.7. The highest BCUT2D eigenvalue weighted by Gasteiger charge is 2.27. The number of piperazine rings is 1. The Morgan fingerprint density at radius 3 is 1.97 bits per heavy atom. The normalized spacial score (nSPS) is 13.6. The van der Waals surface area contributed by atoms with Crippen molar-refractivity contribution >= 4 is 35.1 Å². The van der Waals surface area contributed by atoms with Crippen LogP contribution in [0.4, 0.5) is 5.69 Å².